The second kappa shape index (κ2) is 11.6. The predicted octanol–water partition coefficient (Wildman–Crippen LogP) is 4.47. The normalized spacial score (nSPS) is 17.9. The van der Waals surface area contributed by atoms with E-state index in [0.29, 0.717) is 11.9 Å². The number of aromatic nitrogens is 2. The lowest BCUT2D eigenvalue weighted by molar-refractivity contribution is 0.211. The van der Waals surface area contributed by atoms with Gasteiger partial charge < -0.3 is 14.8 Å². The second-order valence-electron chi connectivity index (χ2n) is 9.93. The topological polar surface area (TPSA) is 53.4 Å². The number of benzene rings is 2. The molecule has 2 aliphatic rings. The molecule has 6 nitrogen and oxygen atoms in total. The molecule has 3 aromatic rings. The average Bonchev–Trinajstić information content (AvgIpc) is 2.92. The van der Waals surface area contributed by atoms with Gasteiger partial charge in [0.15, 0.2) is 5.82 Å². The lowest BCUT2D eigenvalue weighted by atomic mass is 10.0. The Morgan fingerprint density at radius 1 is 0.800 bits per heavy atom. The van der Waals surface area contributed by atoms with E-state index in [1.165, 1.54) is 36.0 Å². The fraction of sp³-hybridized carbons (Fsp3) is 0.448. The van der Waals surface area contributed by atoms with Gasteiger partial charge in [-0.2, -0.15) is 0 Å². The number of piperidine rings is 2. The summed E-state index contributed by atoms with van der Waals surface area (Å²) in [6.07, 6.45) is 9.50. The SMILES string of the molecule is O=c1c(NC2CCN(Cc3ccc(-c4ccccc4)cc3)CC2)nccn1CCN1CCCCC1. The van der Waals surface area contributed by atoms with Crippen LogP contribution >= 0.6 is 0 Å². The van der Waals surface area contributed by atoms with E-state index >= 15 is 0 Å². The second-order valence-corrected chi connectivity index (χ2v) is 9.93. The summed E-state index contributed by atoms with van der Waals surface area (Å²) in [5, 5.41) is 3.45. The van der Waals surface area contributed by atoms with Crippen molar-refractivity contribution >= 4 is 5.82 Å². The van der Waals surface area contributed by atoms with Crippen LogP contribution < -0.4 is 10.9 Å². The molecule has 2 fully saturated rings. The summed E-state index contributed by atoms with van der Waals surface area (Å²) in [6.45, 7) is 6.99. The smallest absolute Gasteiger partial charge is 0.293 e. The summed E-state index contributed by atoms with van der Waals surface area (Å²) in [5.74, 6) is 0.501. The van der Waals surface area contributed by atoms with Crippen LogP contribution in [0.1, 0.15) is 37.7 Å². The molecule has 5 rings (SSSR count). The molecule has 2 aromatic carbocycles. The van der Waals surface area contributed by atoms with E-state index in [1.54, 1.807) is 6.20 Å². The van der Waals surface area contributed by atoms with E-state index in [-0.39, 0.29) is 5.56 Å². The van der Waals surface area contributed by atoms with E-state index in [2.05, 4.69) is 74.7 Å². The van der Waals surface area contributed by atoms with Crippen LogP contribution in [0.5, 0.6) is 0 Å². The third-order valence-corrected chi connectivity index (χ3v) is 7.42. The van der Waals surface area contributed by atoms with Crippen molar-refractivity contribution in [3.63, 3.8) is 0 Å². The number of nitrogens with zero attached hydrogens (tertiary/aromatic N) is 4. The Labute approximate surface area is 208 Å². The monoisotopic (exact) mass is 471 g/mol. The van der Waals surface area contributed by atoms with Crippen molar-refractivity contribution in [3.05, 3.63) is 82.9 Å². The fourth-order valence-corrected chi connectivity index (χ4v) is 5.27. The van der Waals surface area contributed by atoms with Crippen molar-refractivity contribution in [2.45, 2.75) is 51.2 Å². The van der Waals surface area contributed by atoms with Crippen LogP contribution in [-0.4, -0.2) is 58.1 Å². The number of rotatable bonds is 8. The third kappa shape index (κ3) is 6.38. The third-order valence-electron chi connectivity index (χ3n) is 7.42. The molecular weight excluding hydrogens is 434 g/mol. The molecule has 6 heteroatoms. The highest BCUT2D eigenvalue weighted by Gasteiger charge is 2.21. The van der Waals surface area contributed by atoms with Crippen LogP contribution in [0, 0.1) is 0 Å². The Kier molecular flexibility index (Phi) is 7.91. The van der Waals surface area contributed by atoms with Gasteiger partial charge in [-0.1, -0.05) is 61.0 Å². The Bertz CT molecular complexity index is 1110. The first-order valence-corrected chi connectivity index (χ1v) is 13.2. The van der Waals surface area contributed by atoms with Gasteiger partial charge in [-0.05, 0) is 55.5 Å². The first kappa shape index (κ1) is 23.8. The number of likely N-dealkylation sites (tertiary alicyclic amines) is 2. The lowest BCUT2D eigenvalue weighted by Crippen LogP contribution is -2.40. The molecule has 1 aromatic heterocycles. The van der Waals surface area contributed by atoms with Gasteiger partial charge in [0.05, 0.1) is 0 Å². The van der Waals surface area contributed by atoms with Crippen LogP contribution in [-0.2, 0) is 13.1 Å². The molecule has 3 heterocycles. The highest BCUT2D eigenvalue weighted by atomic mass is 16.1. The number of hydrogen-bond acceptors (Lipinski definition) is 5. The number of hydrogen-bond donors (Lipinski definition) is 1. The molecule has 0 saturated carbocycles. The van der Waals surface area contributed by atoms with Crippen LogP contribution in [0.3, 0.4) is 0 Å². The van der Waals surface area contributed by atoms with Crippen molar-refractivity contribution in [2.75, 3.05) is 38.0 Å². The van der Waals surface area contributed by atoms with Gasteiger partial charge >= 0.3 is 0 Å². The van der Waals surface area contributed by atoms with E-state index in [1.807, 2.05) is 10.8 Å². The first-order chi connectivity index (χ1) is 17.2. The minimum absolute atomic E-state index is 0.00504. The molecular formula is C29H37N5O. The van der Waals surface area contributed by atoms with Crippen LogP contribution in [0.2, 0.25) is 0 Å². The standard InChI is InChI=1S/C29H37N5O/c35-29-28(30-15-20-34(29)22-21-32-16-5-2-6-17-32)31-27-13-18-33(19-14-27)23-24-9-11-26(12-10-24)25-7-3-1-4-8-25/h1,3-4,7-12,15,20,27H,2,5-6,13-14,16-19,21-23H2,(H,30,31). The summed E-state index contributed by atoms with van der Waals surface area (Å²) < 4.78 is 1.82. The summed E-state index contributed by atoms with van der Waals surface area (Å²) in [4.78, 5) is 22.3. The van der Waals surface area contributed by atoms with Crippen LogP contribution in [0.25, 0.3) is 11.1 Å². The maximum atomic E-state index is 13.0. The molecule has 0 aliphatic carbocycles. The van der Waals surface area contributed by atoms with Gasteiger partial charge in [0, 0.05) is 51.2 Å². The molecule has 35 heavy (non-hydrogen) atoms. The summed E-state index contributed by atoms with van der Waals surface area (Å²) in [7, 11) is 0. The zero-order valence-corrected chi connectivity index (χ0v) is 20.6. The van der Waals surface area contributed by atoms with Gasteiger partial charge in [-0.15, -0.1) is 0 Å². The number of anilines is 1. The molecule has 0 bridgehead atoms. The van der Waals surface area contributed by atoms with Crippen molar-refractivity contribution in [3.8, 4) is 11.1 Å². The average molecular weight is 472 g/mol. The molecule has 0 atom stereocenters. The molecule has 0 unspecified atom stereocenters. The molecule has 0 amide bonds. The number of nitrogens with one attached hydrogen (secondary N) is 1. The Balaban J connectivity index is 1.10. The maximum Gasteiger partial charge on any atom is 0.293 e. The molecule has 0 spiro atoms. The van der Waals surface area contributed by atoms with E-state index in [9.17, 15) is 4.79 Å². The van der Waals surface area contributed by atoms with Gasteiger partial charge in [0.25, 0.3) is 5.56 Å². The molecule has 2 saturated heterocycles. The molecule has 184 valence electrons. The highest BCUT2D eigenvalue weighted by Crippen LogP contribution is 2.21. The highest BCUT2D eigenvalue weighted by molar-refractivity contribution is 5.63. The van der Waals surface area contributed by atoms with Crippen molar-refractivity contribution in [1.29, 1.82) is 0 Å². The van der Waals surface area contributed by atoms with Crippen molar-refractivity contribution in [1.82, 2.24) is 19.4 Å². The summed E-state index contributed by atoms with van der Waals surface area (Å²) in [6, 6.07) is 19.7. The van der Waals surface area contributed by atoms with Crippen molar-refractivity contribution in [2.24, 2.45) is 0 Å². The van der Waals surface area contributed by atoms with Gasteiger partial charge in [-0.25, -0.2) is 4.98 Å². The fourth-order valence-electron chi connectivity index (χ4n) is 5.27. The molecule has 1 N–H and O–H groups in total. The Morgan fingerprint density at radius 2 is 1.51 bits per heavy atom. The first-order valence-electron chi connectivity index (χ1n) is 13.2. The van der Waals surface area contributed by atoms with Gasteiger partial charge in [-0.3, -0.25) is 9.69 Å². The van der Waals surface area contributed by atoms with E-state index in [0.717, 1.165) is 58.7 Å². The quantitative estimate of drug-likeness (QED) is 0.525. The summed E-state index contributed by atoms with van der Waals surface area (Å²) in [5.41, 5.74) is 3.86. The van der Waals surface area contributed by atoms with Gasteiger partial charge in [0.1, 0.15) is 0 Å². The molecule has 2 aliphatic heterocycles. The Morgan fingerprint density at radius 3 is 2.26 bits per heavy atom. The zero-order chi connectivity index (χ0) is 23.9. The van der Waals surface area contributed by atoms with Gasteiger partial charge in [0.2, 0.25) is 0 Å². The Hall–Kier alpha value is -2.96. The molecule has 0 radical (unpaired) electrons. The lowest BCUT2D eigenvalue weighted by Gasteiger charge is -2.32. The van der Waals surface area contributed by atoms with Crippen LogP contribution in [0.4, 0.5) is 5.82 Å². The van der Waals surface area contributed by atoms with E-state index in [4.69, 9.17) is 0 Å². The predicted molar refractivity (Wildman–Crippen MR) is 143 cm³/mol. The summed E-state index contributed by atoms with van der Waals surface area (Å²) >= 11 is 0. The van der Waals surface area contributed by atoms with Crippen molar-refractivity contribution < 1.29 is 0 Å². The minimum Gasteiger partial charge on any atom is -0.363 e. The zero-order valence-electron chi connectivity index (χ0n) is 20.6. The van der Waals surface area contributed by atoms with E-state index < -0.39 is 0 Å². The maximum absolute atomic E-state index is 13.0. The van der Waals surface area contributed by atoms with Crippen LogP contribution in [0.15, 0.2) is 71.8 Å². The largest absolute Gasteiger partial charge is 0.363 e. The minimum atomic E-state index is 0.00504.